The van der Waals surface area contributed by atoms with Gasteiger partial charge in [0.05, 0.1) is 16.6 Å². The van der Waals surface area contributed by atoms with Gasteiger partial charge in [-0.15, -0.1) is 0 Å². The third-order valence-electron chi connectivity index (χ3n) is 28.7. The van der Waals surface area contributed by atoms with Crippen molar-refractivity contribution in [2.75, 3.05) is 4.90 Å². The van der Waals surface area contributed by atoms with Crippen LogP contribution in [0.5, 0.6) is 0 Å². The van der Waals surface area contributed by atoms with E-state index in [1.165, 1.54) is 226 Å². The second-order valence-electron chi connectivity index (χ2n) is 34.3. The second-order valence-corrected chi connectivity index (χ2v) is 34.3. The molecule has 2 heterocycles. The molecule has 2 heteroatoms. The smallest absolute Gasteiger partial charge is 0.0620 e. The highest BCUT2D eigenvalue weighted by Crippen LogP contribution is 2.79. The summed E-state index contributed by atoms with van der Waals surface area (Å²) in [6, 6.07) is 145. The molecule has 2 aromatic heterocycles. The summed E-state index contributed by atoms with van der Waals surface area (Å²) in [6.07, 6.45) is 0. The molecule has 0 saturated heterocycles. The fraction of sp³-hybridized carbons (Fsp3) is 0.0702. The SMILES string of the molecule is CC1(C)c2ccccc2-c2ccc(N(c3ccc(-c4ccc(-c5ccc6c(ccc7ccccc76)c5)c5c4C4c6ccccc6C46c4ccccc4C56)cc3)c3cccc(-c4ccc5c(c4)C4c6ccccc6C5c5c(-c6cc7c8ccccc8n8c9ccccc9c(c6)c78)ccc(-c6cccc7c6ccc6ccccc67)c54)c3)cc21. The van der Waals surface area contributed by atoms with Crippen LogP contribution in [-0.2, 0) is 10.8 Å². The summed E-state index contributed by atoms with van der Waals surface area (Å²) < 4.78 is 2.51. The molecule has 28 rings (SSSR count). The Labute approximate surface area is 672 Å². The molecule has 2 bridgehead atoms. The van der Waals surface area contributed by atoms with Crippen LogP contribution in [0.2, 0.25) is 0 Å². The summed E-state index contributed by atoms with van der Waals surface area (Å²) in [7, 11) is 0. The molecule has 538 valence electrons. The first-order valence-corrected chi connectivity index (χ1v) is 41.3. The van der Waals surface area contributed by atoms with Gasteiger partial charge < -0.3 is 9.30 Å². The fourth-order valence-corrected chi connectivity index (χ4v) is 24.0. The number of aromatic nitrogens is 1. The topological polar surface area (TPSA) is 7.65 Å². The van der Waals surface area contributed by atoms with Gasteiger partial charge in [0.25, 0.3) is 0 Å². The van der Waals surface area contributed by atoms with Gasteiger partial charge in [-0.05, 0) is 261 Å². The maximum Gasteiger partial charge on any atom is 0.0620 e. The Morgan fingerprint density at radius 3 is 1.41 bits per heavy atom. The lowest BCUT2D eigenvalue weighted by Crippen LogP contribution is -2.52. The van der Waals surface area contributed by atoms with Crippen LogP contribution in [0.3, 0.4) is 0 Å². The lowest BCUT2D eigenvalue weighted by Gasteiger charge is -2.58. The molecule has 7 aliphatic carbocycles. The largest absolute Gasteiger partial charge is 0.310 e. The monoisotopic (exact) mass is 1470 g/mol. The van der Waals surface area contributed by atoms with E-state index in [2.05, 4.69) is 399 Å². The molecule has 5 unspecified atom stereocenters. The summed E-state index contributed by atoms with van der Waals surface area (Å²) in [6.45, 7) is 4.81. The van der Waals surface area contributed by atoms with E-state index in [4.69, 9.17) is 0 Å². The Balaban J connectivity index is 0.629. The van der Waals surface area contributed by atoms with E-state index >= 15 is 0 Å². The minimum Gasteiger partial charge on any atom is -0.310 e. The van der Waals surface area contributed by atoms with Crippen LogP contribution in [0.15, 0.2) is 376 Å². The number of hydrogen-bond acceptors (Lipinski definition) is 1. The second kappa shape index (κ2) is 22.8. The van der Waals surface area contributed by atoms with E-state index in [-0.39, 0.29) is 34.5 Å². The molecule has 0 aliphatic heterocycles. The van der Waals surface area contributed by atoms with Crippen LogP contribution in [0.1, 0.15) is 115 Å². The number of fused-ring (bicyclic) bond motifs is 22. The number of para-hydroxylation sites is 2. The third kappa shape index (κ3) is 8.10. The quantitative estimate of drug-likeness (QED) is 0.138. The van der Waals surface area contributed by atoms with Crippen LogP contribution < -0.4 is 4.90 Å². The fourth-order valence-electron chi connectivity index (χ4n) is 24.0. The Hall–Kier alpha value is -14.2. The Morgan fingerprint density at radius 2 is 0.698 bits per heavy atom. The Morgan fingerprint density at radius 1 is 0.233 bits per heavy atom. The van der Waals surface area contributed by atoms with Gasteiger partial charge in [0.1, 0.15) is 0 Å². The van der Waals surface area contributed by atoms with Crippen LogP contribution in [0.25, 0.3) is 148 Å². The molecule has 0 saturated carbocycles. The van der Waals surface area contributed by atoms with Crippen LogP contribution in [0.4, 0.5) is 17.1 Å². The van der Waals surface area contributed by atoms with Gasteiger partial charge in [0, 0.05) is 73.1 Å². The van der Waals surface area contributed by atoms with Crippen molar-refractivity contribution >= 4 is 98.2 Å². The van der Waals surface area contributed by atoms with Gasteiger partial charge >= 0.3 is 0 Å². The maximum absolute atomic E-state index is 2.59. The standard InChI is InChI=1S/C114H72N2/c1-113(2)98-36-14-9-27-85(98)86-54-50-75(64-101(86)113)115(73-48-43-67(44-49-73)79-55-56-80(71-47-51-78-70(59-71)42-41-65-21-3-5-25-76(65)78)109-108(79)110-93-32-10-15-37-99(93)114(110)100-38-16-11-33-94(100)111(109)114)74-24-19-23-68(60-74)69-46-53-92-95(61-69)105-90-31-8-7-30-89(90)104(92)106-81(57-58-91(107(105)106)83-35-20-34-82-77-26-6-4-22-66(77)45-52-84(82)83)72-62-96-87-28-12-17-39-102(87)116-103-40-18-13-29-88(103)97(63-72)112(96)116/h3-64,104-105,110-111H,1-2H3. The van der Waals surface area contributed by atoms with Crippen LogP contribution in [0, 0.1) is 0 Å². The Kier molecular flexibility index (Phi) is 12.5. The molecule has 2 nitrogen and oxygen atoms in total. The lowest BCUT2D eigenvalue weighted by molar-refractivity contribution is 0.333. The first-order chi connectivity index (χ1) is 57.3. The molecule has 1 spiro atoms. The van der Waals surface area contributed by atoms with E-state index in [9.17, 15) is 0 Å². The zero-order valence-electron chi connectivity index (χ0n) is 64.0. The normalized spacial score (nSPS) is 17.7. The zero-order chi connectivity index (χ0) is 75.7. The molecule has 0 amide bonds. The van der Waals surface area contributed by atoms with Gasteiger partial charge in [-0.2, -0.15) is 0 Å². The molecule has 5 atom stereocenters. The number of benzene rings is 19. The van der Waals surface area contributed by atoms with Gasteiger partial charge in [-0.25, -0.2) is 0 Å². The summed E-state index contributed by atoms with van der Waals surface area (Å²) >= 11 is 0. The summed E-state index contributed by atoms with van der Waals surface area (Å²) in [5.41, 5.74) is 42.1. The van der Waals surface area contributed by atoms with Crippen molar-refractivity contribution in [2.24, 2.45) is 0 Å². The molecule has 116 heavy (non-hydrogen) atoms. The van der Waals surface area contributed by atoms with Crippen molar-refractivity contribution in [3.8, 4) is 66.8 Å². The van der Waals surface area contributed by atoms with Crippen molar-refractivity contribution in [1.82, 2.24) is 4.40 Å². The van der Waals surface area contributed by atoms with Crippen molar-refractivity contribution in [1.29, 1.82) is 0 Å². The summed E-state index contributed by atoms with van der Waals surface area (Å²) in [4.78, 5) is 2.53. The molecular weight excluding hydrogens is 1400 g/mol. The van der Waals surface area contributed by atoms with Crippen molar-refractivity contribution < 1.29 is 0 Å². The van der Waals surface area contributed by atoms with Crippen LogP contribution in [-0.4, -0.2) is 4.40 Å². The van der Waals surface area contributed by atoms with Gasteiger partial charge in [0.15, 0.2) is 0 Å². The molecule has 19 aromatic carbocycles. The van der Waals surface area contributed by atoms with E-state index in [0.717, 1.165) is 17.1 Å². The van der Waals surface area contributed by atoms with E-state index in [1.807, 2.05) is 0 Å². The first-order valence-electron chi connectivity index (χ1n) is 41.3. The lowest BCUT2D eigenvalue weighted by atomic mass is 9.43. The maximum atomic E-state index is 2.59. The highest BCUT2D eigenvalue weighted by Gasteiger charge is 2.70. The minimum atomic E-state index is -0.204. The van der Waals surface area contributed by atoms with E-state index in [1.54, 1.807) is 0 Å². The number of rotatable bonds is 8. The zero-order valence-corrected chi connectivity index (χ0v) is 64.0. The predicted octanol–water partition coefficient (Wildman–Crippen LogP) is 29.4. The summed E-state index contributed by atoms with van der Waals surface area (Å²) in [5.74, 6) is 0.375. The van der Waals surface area contributed by atoms with E-state index < -0.39 is 0 Å². The molecule has 0 fully saturated rings. The molecule has 0 radical (unpaired) electrons. The van der Waals surface area contributed by atoms with Crippen molar-refractivity contribution in [3.05, 3.63) is 454 Å². The average Bonchev–Trinajstić information content (AvgIpc) is 1.46. The number of hydrogen-bond donors (Lipinski definition) is 0. The van der Waals surface area contributed by atoms with Crippen LogP contribution >= 0.6 is 0 Å². The highest BCUT2D eigenvalue weighted by molar-refractivity contribution is 6.25. The number of anilines is 3. The van der Waals surface area contributed by atoms with E-state index in [0.29, 0.717) is 0 Å². The van der Waals surface area contributed by atoms with Gasteiger partial charge in [-0.1, -0.05) is 317 Å². The van der Waals surface area contributed by atoms with Gasteiger partial charge in [0.2, 0.25) is 0 Å². The average molecular weight is 1470 g/mol. The van der Waals surface area contributed by atoms with Gasteiger partial charge in [-0.3, -0.25) is 0 Å². The number of nitrogens with zero attached hydrogens (tertiary/aromatic N) is 2. The van der Waals surface area contributed by atoms with Crippen molar-refractivity contribution in [3.63, 3.8) is 0 Å². The summed E-state index contributed by atoms with van der Waals surface area (Å²) in [5, 5.41) is 15.4. The first kappa shape index (κ1) is 63.3. The predicted molar refractivity (Wildman–Crippen MR) is 483 cm³/mol. The van der Waals surface area contributed by atoms with Crippen molar-refractivity contribution in [2.45, 2.75) is 48.3 Å². The Bertz CT molecular complexity index is 7900. The molecule has 21 aromatic rings. The minimum absolute atomic E-state index is 0.0269. The molecule has 0 N–H and O–H groups in total. The highest BCUT2D eigenvalue weighted by atomic mass is 15.1. The molecule has 7 aliphatic rings. The molecular formula is C114H72N2. The third-order valence-corrected chi connectivity index (χ3v) is 28.7.